The fourth-order valence-corrected chi connectivity index (χ4v) is 2.79. The predicted molar refractivity (Wildman–Crippen MR) is 86.0 cm³/mol. The second kappa shape index (κ2) is 6.35. The van der Waals surface area contributed by atoms with Crippen LogP contribution in [0.1, 0.15) is 41.9 Å². The summed E-state index contributed by atoms with van der Waals surface area (Å²) in [6.07, 6.45) is 3.32. The molecule has 1 aromatic carbocycles. The van der Waals surface area contributed by atoms with E-state index in [-0.39, 0.29) is 29.2 Å². The van der Waals surface area contributed by atoms with Gasteiger partial charge in [-0.25, -0.2) is 0 Å². The molecule has 1 heterocycles. The van der Waals surface area contributed by atoms with Gasteiger partial charge in [-0.2, -0.15) is 0 Å². The molecular formula is C17H18N2O5. The number of nitrogens with zero attached hydrogens (tertiary/aromatic N) is 2. The average Bonchev–Trinajstić information content (AvgIpc) is 3.25. The summed E-state index contributed by atoms with van der Waals surface area (Å²) in [5, 5.41) is 11.3. The Morgan fingerprint density at radius 3 is 2.71 bits per heavy atom. The van der Waals surface area contributed by atoms with Crippen LogP contribution in [0.25, 0.3) is 0 Å². The van der Waals surface area contributed by atoms with Crippen molar-refractivity contribution in [2.45, 2.75) is 31.8 Å². The molecule has 7 nitrogen and oxygen atoms in total. The zero-order chi connectivity index (χ0) is 17.3. The second-order valence-electron chi connectivity index (χ2n) is 5.78. The number of rotatable bonds is 6. The minimum Gasteiger partial charge on any atom is -0.497 e. The molecule has 7 heteroatoms. The Kier molecular flexibility index (Phi) is 4.24. The number of amides is 1. The number of methoxy groups -OCH3 is 1. The highest BCUT2D eigenvalue weighted by Crippen LogP contribution is 2.37. The molecule has 1 saturated carbocycles. The molecule has 126 valence electrons. The zero-order valence-corrected chi connectivity index (χ0v) is 13.5. The third kappa shape index (κ3) is 2.97. The van der Waals surface area contributed by atoms with Crippen LogP contribution in [-0.2, 0) is 0 Å². The van der Waals surface area contributed by atoms with Crippen molar-refractivity contribution < 1.29 is 18.9 Å². The van der Waals surface area contributed by atoms with Gasteiger partial charge in [0.05, 0.1) is 24.3 Å². The molecule has 2 aromatic rings. The molecule has 1 fully saturated rings. The lowest BCUT2D eigenvalue weighted by Crippen LogP contribution is -2.35. The summed E-state index contributed by atoms with van der Waals surface area (Å²) in [7, 11) is 1.46. The summed E-state index contributed by atoms with van der Waals surface area (Å²) < 4.78 is 10.5. The number of nitro benzene ring substituents is 1. The van der Waals surface area contributed by atoms with Crippen molar-refractivity contribution in [3.05, 3.63) is 58.0 Å². The quantitative estimate of drug-likeness (QED) is 0.597. The van der Waals surface area contributed by atoms with Crippen LogP contribution >= 0.6 is 0 Å². The topological polar surface area (TPSA) is 85.8 Å². The number of nitro groups is 1. The molecule has 1 amide bonds. The Labute approximate surface area is 139 Å². The van der Waals surface area contributed by atoms with Crippen molar-refractivity contribution in [2.75, 3.05) is 7.11 Å². The number of benzene rings is 1. The van der Waals surface area contributed by atoms with Gasteiger partial charge in [0.2, 0.25) is 0 Å². The third-order valence-corrected chi connectivity index (χ3v) is 4.18. The monoisotopic (exact) mass is 330 g/mol. The molecule has 0 saturated heterocycles. The fraction of sp³-hybridized carbons (Fsp3) is 0.353. The van der Waals surface area contributed by atoms with Crippen LogP contribution < -0.4 is 4.74 Å². The standard InChI is InChI=1S/C17H18N2O5/c1-11(16-4-3-9-24-16)18(12-5-6-12)17(20)14-10-13(23-2)7-8-15(14)19(21)22/h3-4,7-12H,5-6H2,1-2H3/t11-/m1/s1. The smallest absolute Gasteiger partial charge is 0.282 e. The number of ether oxygens (including phenoxy) is 1. The lowest BCUT2D eigenvalue weighted by molar-refractivity contribution is -0.385. The van der Waals surface area contributed by atoms with Gasteiger partial charge >= 0.3 is 0 Å². The summed E-state index contributed by atoms with van der Waals surface area (Å²) >= 11 is 0. The zero-order valence-electron chi connectivity index (χ0n) is 13.5. The molecule has 24 heavy (non-hydrogen) atoms. The number of carbonyl (C=O) groups excluding carboxylic acids is 1. The van der Waals surface area contributed by atoms with Gasteiger partial charge in [-0.3, -0.25) is 14.9 Å². The first kappa shape index (κ1) is 16.0. The van der Waals surface area contributed by atoms with Gasteiger partial charge in [0.25, 0.3) is 11.6 Å². The SMILES string of the molecule is COc1ccc([N+](=O)[O-])c(C(=O)N(C2CC2)[C@H](C)c2ccco2)c1. The molecule has 0 bridgehead atoms. The first-order chi connectivity index (χ1) is 11.5. The largest absolute Gasteiger partial charge is 0.497 e. The molecule has 1 aliphatic rings. The minimum absolute atomic E-state index is 0.0321. The van der Waals surface area contributed by atoms with Gasteiger partial charge in [-0.1, -0.05) is 0 Å². The van der Waals surface area contributed by atoms with Gasteiger partial charge in [-0.15, -0.1) is 0 Å². The summed E-state index contributed by atoms with van der Waals surface area (Å²) in [5.74, 6) is 0.679. The van der Waals surface area contributed by atoms with Crippen molar-refractivity contribution >= 4 is 11.6 Å². The maximum absolute atomic E-state index is 13.1. The summed E-state index contributed by atoms with van der Waals surface area (Å²) in [6, 6.07) is 7.53. The lowest BCUT2D eigenvalue weighted by atomic mass is 10.1. The lowest BCUT2D eigenvalue weighted by Gasteiger charge is -2.28. The van der Waals surface area contributed by atoms with E-state index in [1.807, 2.05) is 6.92 Å². The van der Waals surface area contributed by atoms with Crippen molar-refractivity contribution in [3.8, 4) is 5.75 Å². The van der Waals surface area contributed by atoms with Gasteiger partial charge < -0.3 is 14.1 Å². The number of hydrogen-bond donors (Lipinski definition) is 0. The normalized spacial score (nSPS) is 14.9. The van der Waals surface area contributed by atoms with E-state index in [1.54, 1.807) is 23.3 Å². The number of carbonyl (C=O) groups is 1. The fourth-order valence-electron chi connectivity index (χ4n) is 2.79. The van der Waals surface area contributed by atoms with Crippen molar-refractivity contribution in [1.82, 2.24) is 4.90 Å². The second-order valence-corrected chi connectivity index (χ2v) is 5.78. The Morgan fingerprint density at radius 1 is 1.42 bits per heavy atom. The Morgan fingerprint density at radius 2 is 2.17 bits per heavy atom. The molecule has 0 unspecified atom stereocenters. The van der Waals surface area contributed by atoms with Crippen LogP contribution in [0.5, 0.6) is 5.75 Å². The average molecular weight is 330 g/mol. The molecule has 1 aromatic heterocycles. The van der Waals surface area contributed by atoms with Crippen molar-refractivity contribution in [2.24, 2.45) is 0 Å². The Bertz CT molecular complexity index is 752. The summed E-state index contributed by atoms with van der Waals surface area (Å²) in [5.41, 5.74) is -0.192. The molecule has 0 spiro atoms. The summed E-state index contributed by atoms with van der Waals surface area (Å²) in [6.45, 7) is 1.86. The molecule has 0 N–H and O–H groups in total. The number of furan rings is 1. The van der Waals surface area contributed by atoms with E-state index < -0.39 is 4.92 Å². The maximum Gasteiger partial charge on any atom is 0.282 e. The minimum atomic E-state index is -0.546. The third-order valence-electron chi connectivity index (χ3n) is 4.18. The van der Waals surface area contributed by atoms with Crippen LogP contribution in [0.2, 0.25) is 0 Å². The van der Waals surface area contributed by atoms with Crippen LogP contribution in [0.4, 0.5) is 5.69 Å². The number of hydrogen-bond acceptors (Lipinski definition) is 5. The van der Waals surface area contributed by atoms with Crippen LogP contribution in [-0.4, -0.2) is 28.9 Å². The van der Waals surface area contributed by atoms with Crippen molar-refractivity contribution in [3.63, 3.8) is 0 Å². The van der Waals surface area contributed by atoms with E-state index in [1.165, 1.54) is 25.3 Å². The van der Waals surface area contributed by atoms with Gasteiger partial charge in [0, 0.05) is 12.1 Å². The first-order valence-corrected chi connectivity index (χ1v) is 7.71. The first-order valence-electron chi connectivity index (χ1n) is 7.71. The van der Waals surface area contributed by atoms with Gasteiger partial charge in [0.1, 0.15) is 17.1 Å². The molecule has 1 aliphatic carbocycles. The highest BCUT2D eigenvalue weighted by Gasteiger charge is 2.39. The molecule has 0 radical (unpaired) electrons. The van der Waals surface area contributed by atoms with E-state index in [9.17, 15) is 14.9 Å². The van der Waals surface area contributed by atoms with Gasteiger partial charge in [-0.05, 0) is 44.0 Å². The van der Waals surface area contributed by atoms with Crippen molar-refractivity contribution in [1.29, 1.82) is 0 Å². The highest BCUT2D eigenvalue weighted by molar-refractivity contribution is 5.99. The predicted octanol–water partition coefficient (Wildman–Crippen LogP) is 3.56. The Hall–Kier alpha value is -2.83. The van der Waals surface area contributed by atoms with Gasteiger partial charge in [0.15, 0.2) is 0 Å². The van der Waals surface area contributed by atoms with E-state index in [0.29, 0.717) is 11.5 Å². The maximum atomic E-state index is 13.1. The van der Waals surface area contributed by atoms with E-state index in [2.05, 4.69) is 0 Å². The molecular weight excluding hydrogens is 312 g/mol. The highest BCUT2D eigenvalue weighted by atomic mass is 16.6. The molecule has 1 atom stereocenters. The van der Waals surface area contributed by atoms with E-state index >= 15 is 0 Å². The Balaban J connectivity index is 2.00. The van der Waals surface area contributed by atoms with E-state index in [0.717, 1.165) is 12.8 Å². The van der Waals surface area contributed by atoms with E-state index in [4.69, 9.17) is 9.15 Å². The van der Waals surface area contributed by atoms with Crippen LogP contribution in [0.3, 0.4) is 0 Å². The molecule has 0 aliphatic heterocycles. The van der Waals surface area contributed by atoms with Crippen LogP contribution in [0, 0.1) is 10.1 Å². The summed E-state index contributed by atoms with van der Waals surface area (Å²) in [4.78, 5) is 25.5. The van der Waals surface area contributed by atoms with Crippen LogP contribution in [0.15, 0.2) is 41.0 Å². The molecule has 3 rings (SSSR count).